The lowest BCUT2D eigenvalue weighted by atomic mass is 10.5. The summed E-state index contributed by atoms with van der Waals surface area (Å²) < 4.78 is 32.2. The standard InChI is InChI=1S/C41H95N15P3/c1-21-47(22-2)57(48(23-3)24-4,49(25-5)26-6)45(19)39-42-40(46(20)58(50(27-7)28-8,51(29-9)30-10)52(31-11)32-12)44-41(43-39)56-38(18)55(37-17)59(56,53(33-13)34-14)54(35-15)36-16/h38H,21-37H2,1-20H3/q+3. The Labute approximate surface area is 367 Å². The highest BCUT2D eigenvalue weighted by molar-refractivity contribution is 7.72. The van der Waals surface area contributed by atoms with Gasteiger partial charge in [0.15, 0.2) is 6.17 Å². The summed E-state index contributed by atoms with van der Waals surface area (Å²) in [6.45, 7) is 57.8. The molecule has 0 N–H and O–H groups in total. The predicted molar refractivity (Wildman–Crippen MR) is 265 cm³/mol. The van der Waals surface area contributed by atoms with Crippen LogP contribution in [0, 0.1) is 0 Å². The first kappa shape index (κ1) is 54.5. The second kappa shape index (κ2) is 25.0. The molecule has 0 amide bonds. The number of rotatable bonds is 30. The van der Waals surface area contributed by atoms with E-state index in [0.717, 1.165) is 129 Å². The molecule has 0 aromatic carbocycles. The van der Waals surface area contributed by atoms with Gasteiger partial charge in [0, 0.05) is 111 Å². The molecule has 0 bridgehead atoms. The Bertz CT molecular complexity index is 1160. The van der Waals surface area contributed by atoms with Crippen LogP contribution < -0.4 is 14.0 Å². The van der Waals surface area contributed by atoms with Gasteiger partial charge in [-0.05, 0) is 125 Å². The van der Waals surface area contributed by atoms with Crippen molar-refractivity contribution in [1.29, 1.82) is 0 Å². The summed E-state index contributed by atoms with van der Waals surface area (Å²) in [5.74, 6) is 2.31. The van der Waals surface area contributed by atoms with Gasteiger partial charge in [-0.3, -0.25) is 0 Å². The summed E-state index contributed by atoms with van der Waals surface area (Å²) >= 11 is 0. The number of anilines is 3. The number of nitrogens with zero attached hydrogens (tertiary/aromatic N) is 15. The Morgan fingerprint density at radius 3 is 0.881 bits per heavy atom. The van der Waals surface area contributed by atoms with Crippen molar-refractivity contribution in [3.05, 3.63) is 0 Å². The van der Waals surface area contributed by atoms with Crippen LogP contribution in [0.4, 0.5) is 17.8 Å². The molecule has 18 heteroatoms. The molecule has 0 aliphatic carbocycles. The molecule has 1 aromatic heterocycles. The third kappa shape index (κ3) is 9.31. The van der Waals surface area contributed by atoms with E-state index in [9.17, 15) is 0 Å². The van der Waals surface area contributed by atoms with Gasteiger partial charge in [0.1, 0.15) is 0 Å². The number of aromatic nitrogens is 3. The van der Waals surface area contributed by atoms with Gasteiger partial charge in [0.05, 0.1) is 14.1 Å². The number of hydrogen-bond donors (Lipinski definition) is 0. The zero-order valence-electron chi connectivity index (χ0n) is 42.1. The minimum Gasteiger partial charge on any atom is -0.171 e. The smallest absolute Gasteiger partial charge is 0.171 e. The van der Waals surface area contributed by atoms with Crippen LogP contribution in [0.3, 0.4) is 0 Å². The fourth-order valence-corrected chi connectivity index (χ4v) is 24.8. The van der Waals surface area contributed by atoms with Crippen LogP contribution in [-0.2, 0) is 0 Å². The molecule has 1 fully saturated rings. The van der Waals surface area contributed by atoms with Crippen LogP contribution in [0.5, 0.6) is 0 Å². The summed E-state index contributed by atoms with van der Waals surface area (Å²) in [5.41, 5.74) is 0. The van der Waals surface area contributed by atoms with Gasteiger partial charge < -0.3 is 0 Å². The maximum Gasteiger partial charge on any atom is 0.338 e. The first-order valence-corrected chi connectivity index (χ1v) is 28.6. The van der Waals surface area contributed by atoms with E-state index >= 15 is 0 Å². The first-order valence-electron chi connectivity index (χ1n) is 23.8. The zero-order chi connectivity index (χ0) is 44.9. The highest BCUT2D eigenvalue weighted by atomic mass is 31.2. The van der Waals surface area contributed by atoms with Gasteiger partial charge in [-0.2, -0.15) is 24.3 Å². The summed E-state index contributed by atoms with van der Waals surface area (Å²) in [5, 5.41) is 0. The highest BCUT2D eigenvalue weighted by Gasteiger charge is 2.74. The SMILES string of the molecule is CCN(CC)[P+](N(CC)CC)(N(CC)CC)N(C)c1nc(N(C)[P+](N(CC)CC)(N(CC)CC)N(CC)CC)nc(N2C(C)N(CC)[P+]2(N(CC)CC)N(CC)CC)n1. The lowest BCUT2D eigenvalue weighted by Gasteiger charge is -2.60. The van der Waals surface area contributed by atoms with E-state index in [1.54, 1.807) is 0 Å². The Morgan fingerprint density at radius 2 is 0.678 bits per heavy atom. The van der Waals surface area contributed by atoms with Crippen LogP contribution >= 0.6 is 23.6 Å². The van der Waals surface area contributed by atoms with Gasteiger partial charge in [-0.25, -0.2) is 0 Å². The second-order valence-electron chi connectivity index (χ2n) is 14.7. The molecule has 15 nitrogen and oxygen atoms in total. The quantitative estimate of drug-likeness (QED) is 0.0690. The summed E-state index contributed by atoms with van der Waals surface area (Å²) in [6, 6.07) is 0. The molecule has 0 saturated carbocycles. The van der Waals surface area contributed by atoms with E-state index in [1.165, 1.54) is 0 Å². The van der Waals surface area contributed by atoms with E-state index in [-0.39, 0.29) is 6.17 Å². The monoisotopic (exact) mass is 891 g/mol. The molecule has 1 aliphatic rings. The average Bonchev–Trinajstić information content (AvgIpc) is 3.25. The average molecular weight is 891 g/mol. The largest absolute Gasteiger partial charge is 0.338 e. The van der Waals surface area contributed by atoms with Crippen molar-refractivity contribution < 1.29 is 0 Å². The van der Waals surface area contributed by atoms with E-state index in [4.69, 9.17) is 15.0 Å². The van der Waals surface area contributed by atoms with Crippen molar-refractivity contribution in [2.24, 2.45) is 0 Å². The molecule has 2 rings (SSSR count). The number of hydrogen-bond acceptors (Lipinski definition) is 15. The van der Waals surface area contributed by atoms with E-state index < -0.39 is 23.6 Å². The zero-order valence-corrected chi connectivity index (χ0v) is 44.8. The molecule has 1 aromatic rings. The van der Waals surface area contributed by atoms with Gasteiger partial charge in [0.25, 0.3) is 17.8 Å². The fraction of sp³-hybridized carbons (Fsp3) is 0.927. The van der Waals surface area contributed by atoms with Crippen molar-refractivity contribution in [3.8, 4) is 0 Å². The Hall–Kier alpha value is -0.660. The maximum absolute atomic E-state index is 5.78. The third-order valence-corrected chi connectivity index (χ3v) is 27.8. The molecule has 1 saturated heterocycles. The Morgan fingerprint density at radius 1 is 0.424 bits per heavy atom. The van der Waals surface area contributed by atoms with Gasteiger partial charge in [-0.1, -0.05) is 0 Å². The fourth-order valence-electron chi connectivity index (χ4n) is 10.2. The normalized spacial score (nSPS) is 16.7. The van der Waals surface area contributed by atoms with Crippen LogP contribution in [0.1, 0.15) is 125 Å². The van der Waals surface area contributed by atoms with Crippen molar-refractivity contribution in [2.75, 3.05) is 139 Å². The van der Waals surface area contributed by atoms with Gasteiger partial charge in [-0.15, -0.1) is 46.7 Å². The molecule has 0 radical (unpaired) electrons. The van der Waals surface area contributed by atoms with Crippen LogP contribution in [0.15, 0.2) is 0 Å². The Kier molecular flexibility index (Phi) is 23.1. The topological polar surface area (TPSA) is 77.6 Å². The molecule has 346 valence electrons. The predicted octanol–water partition coefficient (Wildman–Crippen LogP) is 9.00. The molecule has 1 aliphatic heterocycles. The lowest BCUT2D eigenvalue weighted by Crippen LogP contribution is -2.69. The van der Waals surface area contributed by atoms with Crippen LogP contribution in [-0.4, -0.2) is 189 Å². The lowest BCUT2D eigenvalue weighted by molar-refractivity contribution is 0.226. The minimum atomic E-state index is -2.39. The van der Waals surface area contributed by atoms with Crippen molar-refractivity contribution in [1.82, 2.24) is 57.0 Å². The third-order valence-electron chi connectivity index (χ3n) is 12.8. The molecular weight excluding hydrogens is 795 g/mol. The van der Waals surface area contributed by atoms with Crippen LogP contribution in [0.2, 0.25) is 0 Å². The van der Waals surface area contributed by atoms with Gasteiger partial charge in [0.2, 0.25) is 0 Å². The molecule has 1 atom stereocenters. The molecule has 59 heavy (non-hydrogen) atoms. The highest BCUT2D eigenvalue weighted by Crippen LogP contribution is 2.79. The molecule has 1 unspecified atom stereocenters. The van der Waals surface area contributed by atoms with E-state index in [1.807, 2.05) is 0 Å². The van der Waals surface area contributed by atoms with E-state index in [2.05, 4.69) is 195 Å². The molecular formula is C41H95N15P3+3. The summed E-state index contributed by atoms with van der Waals surface area (Å²) in [4.78, 5) is 17.3. The van der Waals surface area contributed by atoms with Crippen molar-refractivity contribution in [3.63, 3.8) is 0 Å². The summed E-state index contributed by atoms with van der Waals surface area (Å²) in [7, 11) is -2.45. The summed E-state index contributed by atoms with van der Waals surface area (Å²) in [6.07, 6.45) is 0.119. The first-order chi connectivity index (χ1) is 28.3. The maximum atomic E-state index is 5.78. The van der Waals surface area contributed by atoms with Crippen molar-refractivity contribution >= 4 is 41.4 Å². The second-order valence-corrected chi connectivity index (χ2v) is 24.6. The molecule has 2 heterocycles. The van der Waals surface area contributed by atoms with Crippen LogP contribution in [0.25, 0.3) is 0 Å². The van der Waals surface area contributed by atoms with Crippen molar-refractivity contribution in [2.45, 2.75) is 131 Å². The molecule has 0 spiro atoms. The minimum absolute atomic E-state index is 0.119. The van der Waals surface area contributed by atoms with E-state index in [0.29, 0.717) is 0 Å². The Balaban J connectivity index is 3.45. The van der Waals surface area contributed by atoms with Gasteiger partial charge >= 0.3 is 23.6 Å².